The van der Waals surface area contributed by atoms with Crippen molar-refractivity contribution < 1.29 is 0 Å². The van der Waals surface area contributed by atoms with Crippen LogP contribution in [-0.4, -0.2) is 54.6 Å². The van der Waals surface area contributed by atoms with E-state index in [2.05, 4.69) is 31.6 Å². The SMILES string of the molecule is Cc1csc(C2(CN)[C@@H]3CN(c4cnc5c(-c6ccc7nn(CC#N)cc7c6Cl)[nH]nc5n4)C[C@@H]32)n1. The van der Waals surface area contributed by atoms with Crippen LogP contribution in [0.5, 0.6) is 0 Å². The second kappa shape index (κ2) is 7.70. The van der Waals surface area contributed by atoms with Crippen molar-refractivity contribution in [1.29, 1.82) is 5.26 Å². The summed E-state index contributed by atoms with van der Waals surface area (Å²) in [5.41, 5.74) is 10.7. The molecular formula is C24H21ClN10S. The van der Waals surface area contributed by atoms with E-state index in [-0.39, 0.29) is 12.0 Å². The Hall–Kier alpha value is -3.59. The maximum atomic E-state index is 8.96. The van der Waals surface area contributed by atoms with Crippen LogP contribution < -0.4 is 10.6 Å². The number of nitrogens with zero attached hydrogens (tertiary/aromatic N) is 8. The highest BCUT2D eigenvalue weighted by molar-refractivity contribution is 7.09. The third-order valence-electron chi connectivity index (χ3n) is 7.64. The lowest BCUT2D eigenvalue weighted by Crippen LogP contribution is -2.35. The molecule has 7 rings (SSSR count). The molecule has 0 amide bonds. The summed E-state index contributed by atoms with van der Waals surface area (Å²) >= 11 is 8.46. The first-order valence-electron chi connectivity index (χ1n) is 11.6. The van der Waals surface area contributed by atoms with E-state index in [1.807, 2.05) is 19.1 Å². The van der Waals surface area contributed by atoms with E-state index < -0.39 is 0 Å². The zero-order chi connectivity index (χ0) is 24.6. The summed E-state index contributed by atoms with van der Waals surface area (Å²) in [5.74, 6) is 1.77. The lowest BCUT2D eigenvalue weighted by atomic mass is 10.0. The number of hydrogen-bond donors (Lipinski definition) is 2. The molecule has 180 valence electrons. The van der Waals surface area contributed by atoms with E-state index in [1.165, 1.54) is 5.01 Å². The molecule has 1 unspecified atom stereocenters. The summed E-state index contributed by atoms with van der Waals surface area (Å²) in [7, 11) is 0. The first-order valence-corrected chi connectivity index (χ1v) is 12.9. The standard InChI is InChI=1S/C24H21ClN10S/c1-12-10-36-23(29-12)24(11-27)15-8-34(9-16(15)24)18-6-28-21-20(31-32-22(21)30-18)13-2-3-17-14(19(13)25)7-35(33-17)5-4-26/h2-3,6-7,10,15-16H,5,8-9,11,27H2,1H3,(H,30,31,32)/t15-,16+,24?. The number of nitrogens with two attached hydrogens (primary N) is 1. The Labute approximate surface area is 214 Å². The summed E-state index contributed by atoms with van der Waals surface area (Å²) in [6.45, 7) is 4.58. The number of aryl methyl sites for hydroxylation is 1. The number of halogens is 1. The van der Waals surface area contributed by atoms with E-state index in [0.717, 1.165) is 41.1 Å². The summed E-state index contributed by atoms with van der Waals surface area (Å²) < 4.78 is 1.58. The molecule has 1 aliphatic carbocycles. The molecule has 3 atom stereocenters. The molecule has 4 aromatic heterocycles. The van der Waals surface area contributed by atoms with Gasteiger partial charge in [-0.25, -0.2) is 15.0 Å². The maximum Gasteiger partial charge on any atom is 0.202 e. The molecule has 10 nitrogen and oxygen atoms in total. The number of aromatic nitrogens is 7. The van der Waals surface area contributed by atoms with Gasteiger partial charge in [0.05, 0.1) is 28.5 Å². The largest absolute Gasteiger partial charge is 0.355 e. The van der Waals surface area contributed by atoms with Crippen LogP contribution in [0, 0.1) is 30.1 Å². The van der Waals surface area contributed by atoms with Crippen LogP contribution in [0.25, 0.3) is 33.3 Å². The van der Waals surface area contributed by atoms with Gasteiger partial charge >= 0.3 is 0 Å². The van der Waals surface area contributed by atoms with Crippen LogP contribution in [0.1, 0.15) is 10.7 Å². The van der Waals surface area contributed by atoms with Crippen LogP contribution in [-0.2, 0) is 12.0 Å². The van der Waals surface area contributed by atoms with E-state index in [0.29, 0.717) is 40.3 Å². The van der Waals surface area contributed by atoms with Gasteiger partial charge in [0.2, 0.25) is 5.65 Å². The van der Waals surface area contributed by atoms with E-state index >= 15 is 0 Å². The number of thiazole rings is 1. The van der Waals surface area contributed by atoms with E-state index in [1.54, 1.807) is 28.4 Å². The number of anilines is 1. The fourth-order valence-corrected chi connectivity index (χ4v) is 7.22. The van der Waals surface area contributed by atoms with Gasteiger partial charge in [-0.05, 0) is 30.9 Å². The highest BCUT2D eigenvalue weighted by atomic mass is 35.5. The summed E-state index contributed by atoms with van der Waals surface area (Å²) in [5, 5.41) is 25.4. The number of hydrogen-bond acceptors (Lipinski definition) is 9. The van der Waals surface area contributed by atoms with Crippen molar-refractivity contribution in [1.82, 2.24) is 34.9 Å². The lowest BCUT2D eigenvalue weighted by Gasteiger charge is -2.25. The average molecular weight is 517 g/mol. The highest BCUT2D eigenvalue weighted by Gasteiger charge is 2.69. The monoisotopic (exact) mass is 516 g/mol. The molecule has 1 saturated heterocycles. The van der Waals surface area contributed by atoms with Crippen LogP contribution in [0.15, 0.2) is 29.9 Å². The van der Waals surface area contributed by atoms with Gasteiger partial charge in [0.1, 0.15) is 22.9 Å². The Kier molecular flexibility index (Phi) is 4.64. The molecule has 36 heavy (non-hydrogen) atoms. The van der Waals surface area contributed by atoms with Crippen molar-refractivity contribution in [2.75, 3.05) is 24.5 Å². The molecule has 2 fully saturated rings. The van der Waals surface area contributed by atoms with Gasteiger partial charge in [-0.1, -0.05) is 11.6 Å². The lowest BCUT2D eigenvalue weighted by molar-refractivity contribution is 0.549. The highest BCUT2D eigenvalue weighted by Crippen LogP contribution is 2.63. The van der Waals surface area contributed by atoms with Gasteiger partial charge in [-0.3, -0.25) is 9.78 Å². The van der Waals surface area contributed by atoms with Gasteiger partial charge in [-0.2, -0.15) is 15.5 Å². The number of piperidine rings is 1. The van der Waals surface area contributed by atoms with Crippen molar-refractivity contribution in [3.05, 3.63) is 45.6 Å². The number of nitrogens with one attached hydrogen (secondary N) is 1. The third kappa shape index (κ3) is 2.95. The van der Waals surface area contributed by atoms with Crippen LogP contribution >= 0.6 is 22.9 Å². The summed E-state index contributed by atoms with van der Waals surface area (Å²) in [4.78, 5) is 16.6. The second-order valence-electron chi connectivity index (χ2n) is 9.50. The fourth-order valence-electron chi connectivity index (χ4n) is 5.78. The van der Waals surface area contributed by atoms with Gasteiger partial charge in [0.25, 0.3) is 0 Å². The summed E-state index contributed by atoms with van der Waals surface area (Å²) in [6.07, 6.45) is 3.58. The molecule has 1 aliphatic heterocycles. The molecule has 0 radical (unpaired) electrons. The topological polar surface area (TPSA) is 138 Å². The second-order valence-corrected chi connectivity index (χ2v) is 10.7. The normalized spacial score (nSPS) is 22.9. The number of benzene rings is 1. The smallest absolute Gasteiger partial charge is 0.202 e. The molecule has 12 heteroatoms. The predicted molar refractivity (Wildman–Crippen MR) is 138 cm³/mol. The van der Waals surface area contributed by atoms with Gasteiger partial charge in [-0.15, -0.1) is 11.3 Å². The van der Waals surface area contributed by atoms with E-state index in [9.17, 15) is 0 Å². The average Bonchev–Trinajstić information content (AvgIpc) is 3.49. The molecule has 0 bridgehead atoms. The molecule has 1 saturated carbocycles. The Morgan fingerprint density at radius 1 is 1.31 bits per heavy atom. The Balaban J connectivity index is 1.17. The van der Waals surface area contributed by atoms with Crippen molar-refractivity contribution in [2.24, 2.45) is 17.6 Å². The number of aromatic amines is 1. The van der Waals surface area contributed by atoms with Crippen molar-refractivity contribution in [3.8, 4) is 17.3 Å². The molecule has 0 spiro atoms. The number of rotatable bonds is 5. The number of H-pyrrole nitrogens is 1. The van der Waals surface area contributed by atoms with Gasteiger partial charge in [0.15, 0.2) is 0 Å². The minimum absolute atomic E-state index is 0.00288. The Morgan fingerprint density at radius 3 is 2.86 bits per heavy atom. The summed E-state index contributed by atoms with van der Waals surface area (Å²) in [6, 6.07) is 5.86. The third-order valence-corrected chi connectivity index (χ3v) is 9.20. The minimum Gasteiger partial charge on any atom is -0.355 e. The van der Waals surface area contributed by atoms with Crippen LogP contribution in [0.2, 0.25) is 5.02 Å². The zero-order valence-corrected chi connectivity index (χ0v) is 20.9. The molecule has 3 N–H and O–H groups in total. The molecular weight excluding hydrogens is 496 g/mol. The maximum absolute atomic E-state index is 8.96. The molecule has 5 heterocycles. The number of fused-ring (bicyclic) bond motifs is 3. The van der Waals surface area contributed by atoms with Crippen LogP contribution in [0.3, 0.4) is 0 Å². The fraction of sp³-hybridized carbons (Fsp3) is 0.333. The molecule has 1 aromatic carbocycles. The predicted octanol–water partition coefficient (Wildman–Crippen LogP) is 3.27. The molecule has 2 aliphatic rings. The minimum atomic E-state index is 0.00288. The quantitative estimate of drug-likeness (QED) is 0.363. The first kappa shape index (κ1) is 21.7. The van der Waals surface area contributed by atoms with Crippen molar-refractivity contribution >= 4 is 50.8 Å². The molecule has 5 aromatic rings. The van der Waals surface area contributed by atoms with Gasteiger partial charge in [0, 0.05) is 53.3 Å². The van der Waals surface area contributed by atoms with Gasteiger partial charge < -0.3 is 10.6 Å². The Bertz CT molecular complexity index is 1680. The van der Waals surface area contributed by atoms with E-state index in [4.69, 9.17) is 37.5 Å². The van der Waals surface area contributed by atoms with Crippen LogP contribution in [0.4, 0.5) is 5.82 Å². The van der Waals surface area contributed by atoms with Crippen molar-refractivity contribution in [3.63, 3.8) is 0 Å². The van der Waals surface area contributed by atoms with Crippen molar-refractivity contribution in [2.45, 2.75) is 18.9 Å². The first-order chi connectivity index (χ1) is 17.5. The Morgan fingerprint density at radius 2 is 2.14 bits per heavy atom. The zero-order valence-electron chi connectivity index (χ0n) is 19.3. The number of nitriles is 1.